The van der Waals surface area contributed by atoms with Crippen molar-refractivity contribution in [2.75, 3.05) is 19.0 Å². The summed E-state index contributed by atoms with van der Waals surface area (Å²) in [7, 11) is 4.10. The van der Waals surface area contributed by atoms with Gasteiger partial charge in [0.15, 0.2) is 0 Å². The molecule has 1 aromatic heterocycles. The third kappa shape index (κ3) is 4.10. The van der Waals surface area contributed by atoms with E-state index in [1.807, 2.05) is 14.1 Å². The number of nitrogens with one attached hydrogen (secondary N) is 1. The lowest BCUT2D eigenvalue weighted by Crippen LogP contribution is -2.07. The third-order valence-electron chi connectivity index (χ3n) is 4.57. The molecule has 0 atom stereocenters. The van der Waals surface area contributed by atoms with Gasteiger partial charge in [-0.2, -0.15) is 0 Å². The van der Waals surface area contributed by atoms with Crippen LogP contribution in [0.25, 0.3) is 33.9 Å². The van der Waals surface area contributed by atoms with Gasteiger partial charge in [0.05, 0.1) is 11.4 Å². The first-order chi connectivity index (χ1) is 13.5. The molecule has 140 valence electrons. The third-order valence-corrected chi connectivity index (χ3v) is 5.91. The van der Waals surface area contributed by atoms with E-state index in [9.17, 15) is 0 Å². The predicted octanol–water partition coefficient (Wildman–Crippen LogP) is 6.69. The van der Waals surface area contributed by atoms with Gasteiger partial charge in [0.25, 0.3) is 0 Å². The minimum Gasteiger partial charge on any atom is -0.378 e. The molecule has 5 heteroatoms. The van der Waals surface area contributed by atoms with Crippen LogP contribution in [0.4, 0.5) is 5.69 Å². The number of rotatable bonds is 4. The normalized spacial score (nSPS) is 10.9. The van der Waals surface area contributed by atoms with Gasteiger partial charge in [-0.3, -0.25) is 0 Å². The Labute approximate surface area is 192 Å². The summed E-state index contributed by atoms with van der Waals surface area (Å²) >= 11 is 4.70. The number of anilines is 1. The molecule has 0 aliphatic rings. The summed E-state index contributed by atoms with van der Waals surface area (Å²) in [6.45, 7) is 0. The van der Waals surface area contributed by atoms with Crippen molar-refractivity contribution in [3.8, 4) is 33.9 Å². The van der Waals surface area contributed by atoms with E-state index < -0.39 is 0 Å². The highest BCUT2D eigenvalue weighted by atomic mass is 127. The van der Waals surface area contributed by atoms with Crippen molar-refractivity contribution >= 4 is 50.9 Å². The van der Waals surface area contributed by atoms with Crippen molar-refractivity contribution in [3.05, 3.63) is 79.9 Å². The highest BCUT2D eigenvalue weighted by Crippen LogP contribution is 2.34. The summed E-state index contributed by atoms with van der Waals surface area (Å²) in [4.78, 5) is 10.7. The summed E-state index contributed by atoms with van der Waals surface area (Å²) in [5, 5.41) is 0. The minimum atomic E-state index is 0.882. The van der Waals surface area contributed by atoms with Gasteiger partial charge in [0.2, 0.25) is 0 Å². The van der Waals surface area contributed by atoms with Gasteiger partial charge in [-0.15, -0.1) is 0 Å². The number of aromatic amines is 1. The summed E-state index contributed by atoms with van der Waals surface area (Å²) in [5.74, 6) is 0.882. The SMILES string of the molecule is CN(C)c1ccc(-c2nc(-c3cccc(I)c3)c(-c3cccc(I)c3)[nH]2)cc1. The first-order valence-corrected chi connectivity index (χ1v) is 11.1. The van der Waals surface area contributed by atoms with Crippen LogP contribution in [0.3, 0.4) is 0 Å². The van der Waals surface area contributed by atoms with E-state index in [-0.39, 0.29) is 0 Å². The molecule has 0 unspecified atom stereocenters. The Kier molecular flexibility index (Phi) is 5.73. The number of imidazole rings is 1. The smallest absolute Gasteiger partial charge is 0.138 e. The van der Waals surface area contributed by atoms with Gasteiger partial charge < -0.3 is 9.88 Å². The fourth-order valence-corrected chi connectivity index (χ4v) is 4.21. The molecule has 0 aliphatic carbocycles. The van der Waals surface area contributed by atoms with Gasteiger partial charge in [-0.25, -0.2) is 4.98 Å². The summed E-state index contributed by atoms with van der Waals surface area (Å²) in [6, 6.07) is 25.4. The molecular weight excluding hydrogens is 572 g/mol. The minimum absolute atomic E-state index is 0.882. The summed E-state index contributed by atoms with van der Waals surface area (Å²) in [6.07, 6.45) is 0. The molecule has 0 saturated carbocycles. The van der Waals surface area contributed by atoms with Crippen molar-refractivity contribution in [2.24, 2.45) is 0 Å². The largest absolute Gasteiger partial charge is 0.378 e. The van der Waals surface area contributed by atoms with E-state index in [4.69, 9.17) is 4.98 Å². The topological polar surface area (TPSA) is 31.9 Å². The van der Waals surface area contributed by atoms with Gasteiger partial charge in [-0.1, -0.05) is 24.3 Å². The van der Waals surface area contributed by atoms with Crippen LogP contribution in [0.1, 0.15) is 0 Å². The highest BCUT2D eigenvalue weighted by Gasteiger charge is 2.16. The Hall–Kier alpha value is -1.87. The maximum absolute atomic E-state index is 5.00. The van der Waals surface area contributed by atoms with Crippen molar-refractivity contribution in [1.82, 2.24) is 9.97 Å². The molecule has 4 aromatic rings. The number of nitrogens with zero attached hydrogens (tertiary/aromatic N) is 2. The van der Waals surface area contributed by atoms with Crippen LogP contribution in [-0.4, -0.2) is 24.1 Å². The predicted molar refractivity (Wildman–Crippen MR) is 135 cm³/mol. The van der Waals surface area contributed by atoms with Crippen LogP contribution in [-0.2, 0) is 0 Å². The fraction of sp³-hybridized carbons (Fsp3) is 0.0870. The standard InChI is InChI=1S/C23H19I2N3/c1-28(2)20-11-9-15(10-12-20)23-26-21(16-5-3-7-18(24)13-16)22(27-23)17-6-4-8-19(25)14-17/h3-14H,1-2H3,(H,26,27). The molecule has 3 aromatic carbocycles. The number of halogens is 2. The maximum Gasteiger partial charge on any atom is 0.138 e. The van der Waals surface area contributed by atoms with Crippen LogP contribution in [0.5, 0.6) is 0 Å². The maximum atomic E-state index is 5.00. The molecule has 3 nitrogen and oxygen atoms in total. The molecule has 1 N–H and O–H groups in total. The van der Waals surface area contributed by atoms with Crippen molar-refractivity contribution < 1.29 is 0 Å². The Balaban J connectivity index is 1.86. The molecule has 0 saturated heterocycles. The average molecular weight is 591 g/mol. The molecule has 0 fully saturated rings. The Bertz CT molecular complexity index is 1050. The van der Waals surface area contributed by atoms with Crippen LogP contribution < -0.4 is 4.90 Å². The lowest BCUT2D eigenvalue weighted by molar-refractivity contribution is 1.13. The van der Waals surface area contributed by atoms with E-state index in [0.717, 1.165) is 33.9 Å². The molecular formula is C23H19I2N3. The zero-order valence-electron chi connectivity index (χ0n) is 15.6. The Morgan fingerprint density at radius 2 is 1.36 bits per heavy atom. The average Bonchev–Trinajstić information content (AvgIpc) is 3.13. The van der Waals surface area contributed by atoms with Crippen LogP contribution in [0.15, 0.2) is 72.8 Å². The lowest BCUT2D eigenvalue weighted by Gasteiger charge is -2.12. The molecule has 0 amide bonds. The van der Waals surface area contributed by atoms with E-state index in [1.165, 1.54) is 12.8 Å². The molecule has 0 bridgehead atoms. The Morgan fingerprint density at radius 1 is 0.750 bits per heavy atom. The van der Waals surface area contributed by atoms with Gasteiger partial charge in [0, 0.05) is 43.6 Å². The zero-order valence-corrected chi connectivity index (χ0v) is 19.9. The second-order valence-corrected chi connectivity index (χ2v) is 9.26. The van der Waals surface area contributed by atoms with Crippen molar-refractivity contribution in [3.63, 3.8) is 0 Å². The second-order valence-electron chi connectivity index (χ2n) is 6.77. The van der Waals surface area contributed by atoms with Crippen LogP contribution in [0, 0.1) is 7.14 Å². The number of benzene rings is 3. The zero-order chi connectivity index (χ0) is 19.7. The number of hydrogen-bond donors (Lipinski definition) is 1. The monoisotopic (exact) mass is 591 g/mol. The van der Waals surface area contributed by atoms with E-state index in [1.54, 1.807) is 0 Å². The summed E-state index contributed by atoms with van der Waals surface area (Å²) in [5.41, 5.74) is 6.54. The molecule has 0 aliphatic heterocycles. The van der Waals surface area contributed by atoms with E-state index in [2.05, 4.69) is 128 Å². The second kappa shape index (κ2) is 8.24. The molecule has 0 radical (unpaired) electrons. The lowest BCUT2D eigenvalue weighted by atomic mass is 10.1. The molecule has 0 spiro atoms. The van der Waals surface area contributed by atoms with Crippen molar-refractivity contribution in [1.29, 1.82) is 0 Å². The fourth-order valence-electron chi connectivity index (χ4n) is 3.12. The van der Waals surface area contributed by atoms with Gasteiger partial charge >= 0.3 is 0 Å². The van der Waals surface area contributed by atoms with Gasteiger partial charge in [-0.05, 0) is 93.7 Å². The molecule has 1 heterocycles. The highest BCUT2D eigenvalue weighted by molar-refractivity contribution is 14.1. The van der Waals surface area contributed by atoms with Crippen LogP contribution >= 0.6 is 45.2 Å². The quantitative estimate of drug-likeness (QED) is 0.269. The summed E-state index contributed by atoms with van der Waals surface area (Å²) < 4.78 is 2.40. The number of aromatic nitrogens is 2. The van der Waals surface area contributed by atoms with Crippen molar-refractivity contribution in [2.45, 2.75) is 0 Å². The molecule has 28 heavy (non-hydrogen) atoms. The number of H-pyrrole nitrogens is 1. The first kappa shape index (κ1) is 19.4. The first-order valence-electron chi connectivity index (χ1n) is 8.91. The number of hydrogen-bond acceptors (Lipinski definition) is 2. The molecule has 4 rings (SSSR count). The Morgan fingerprint density at radius 3 is 1.96 bits per heavy atom. The van der Waals surface area contributed by atoms with E-state index >= 15 is 0 Å². The van der Waals surface area contributed by atoms with Gasteiger partial charge in [0.1, 0.15) is 5.82 Å². The van der Waals surface area contributed by atoms with E-state index in [0.29, 0.717) is 0 Å². The van der Waals surface area contributed by atoms with Crippen LogP contribution in [0.2, 0.25) is 0 Å².